The zero-order valence-electron chi connectivity index (χ0n) is 16.9. The first-order valence-electron chi connectivity index (χ1n) is 10.9. The molecule has 0 spiro atoms. The van der Waals surface area contributed by atoms with Crippen LogP contribution in [0.4, 0.5) is 0 Å². The molecular formula is C29H18N2. The van der Waals surface area contributed by atoms with Gasteiger partial charge in [0.25, 0.3) is 0 Å². The maximum absolute atomic E-state index is 4.75. The molecule has 0 bridgehead atoms. The lowest BCUT2D eigenvalue weighted by Crippen LogP contribution is -1.92. The zero-order valence-corrected chi connectivity index (χ0v) is 16.9. The van der Waals surface area contributed by atoms with E-state index >= 15 is 0 Å². The van der Waals surface area contributed by atoms with Gasteiger partial charge in [0.2, 0.25) is 0 Å². The number of hydrogen-bond acceptors (Lipinski definition) is 1. The fourth-order valence-corrected chi connectivity index (χ4v) is 5.99. The highest BCUT2D eigenvalue weighted by Gasteiger charge is 2.29. The fourth-order valence-electron chi connectivity index (χ4n) is 5.99. The smallest absolute Gasteiger partial charge is 0.145 e. The number of imidazole rings is 1. The van der Waals surface area contributed by atoms with Crippen molar-refractivity contribution in [3.8, 4) is 22.3 Å². The summed E-state index contributed by atoms with van der Waals surface area (Å²) in [5.41, 5.74) is 13.8. The first-order chi connectivity index (χ1) is 15.4. The molecule has 0 radical (unpaired) electrons. The molecule has 0 aliphatic heterocycles. The lowest BCUT2D eigenvalue weighted by atomic mass is 9.93. The number of para-hydroxylation sites is 1. The molecule has 4 aromatic carbocycles. The standard InChI is InChI=1S/C29H18N2/c1-2-6-20-17(5-1)14-25-21(20)10-9-18-13-19-15-24-22-7-3-4-8-27(22)31-12-11-30-29(31)26(24)16-23(19)28(18)25/h1-12,15-16H,13-14H2. The van der Waals surface area contributed by atoms with E-state index in [0.717, 1.165) is 18.5 Å². The van der Waals surface area contributed by atoms with Gasteiger partial charge in [-0.25, -0.2) is 4.98 Å². The minimum atomic E-state index is 1.01. The molecule has 2 heterocycles. The molecule has 0 saturated carbocycles. The van der Waals surface area contributed by atoms with Crippen molar-refractivity contribution in [2.75, 3.05) is 0 Å². The Bertz CT molecular complexity index is 1740. The first-order valence-corrected chi connectivity index (χ1v) is 10.9. The summed E-state index contributed by atoms with van der Waals surface area (Å²) >= 11 is 0. The highest BCUT2D eigenvalue weighted by molar-refractivity contribution is 6.13. The van der Waals surface area contributed by atoms with Crippen LogP contribution in [0, 0.1) is 0 Å². The molecule has 2 heteroatoms. The Hall–Kier alpha value is -3.91. The van der Waals surface area contributed by atoms with Gasteiger partial charge >= 0.3 is 0 Å². The van der Waals surface area contributed by atoms with Crippen molar-refractivity contribution in [3.63, 3.8) is 0 Å². The lowest BCUT2D eigenvalue weighted by molar-refractivity contribution is 1.23. The van der Waals surface area contributed by atoms with E-state index in [9.17, 15) is 0 Å². The second kappa shape index (κ2) is 5.41. The Labute approximate surface area is 179 Å². The Balaban J connectivity index is 1.48. The van der Waals surface area contributed by atoms with Gasteiger partial charge in [-0.1, -0.05) is 54.6 Å². The fraction of sp³-hybridized carbons (Fsp3) is 0.0690. The van der Waals surface area contributed by atoms with Crippen molar-refractivity contribution in [2.24, 2.45) is 0 Å². The maximum Gasteiger partial charge on any atom is 0.145 e. The van der Waals surface area contributed by atoms with Crippen LogP contribution in [0.15, 0.2) is 85.2 Å². The molecule has 2 aromatic heterocycles. The third-order valence-corrected chi connectivity index (χ3v) is 7.30. The van der Waals surface area contributed by atoms with Gasteiger partial charge in [0.1, 0.15) is 5.65 Å². The number of rotatable bonds is 0. The monoisotopic (exact) mass is 394 g/mol. The average Bonchev–Trinajstić information content (AvgIpc) is 3.52. The van der Waals surface area contributed by atoms with Crippen LogP contribution in [-0.2, 0) is 12.8 Å². The maximum atomic E-state index is 4.75. The Morgan fingerprint density at radius 3 is 2.55 bits per heavy atom. The average molecular weight is 394 g/mol. The summed E-state index contributed by atoms with van der Waals surface area (Å²) in [6.45, 7) is 0. The van der Waals surface area contributed by atoms with Crippen molar-refractivity contribution in [1.82, 2.24) is 9.38 Å². The van der Waals surface area contributed by atoms with E-state index in [-0.39, 0.29) is 0 Å². The Morgan fingerprint density at radius 2 is 1.55 bits per heavy atom. The summed E-state index contributed by atoms with van der Waals surface area (Å²) in [5.74, 6) is 0. The van der Waals surface area contributed by atoms with Gasteiger partial charge in [0, 0.05) is 23.2 Å². The van der Waals surface area contributed by atoms with E-state index < -0.39 is 0 Å². The molecule has 0 atom stereocenters. The van der Waals surface area contributed by atoms with Gasteiger partial charge < -0.3 is 0 Å². The minimum Gasteiger partial charge on any atom is -0.299 e. The van der Waals surface area contributed by atoms with Gasteiger partial charge in [-0.15, -0.1) is 0 Å². The second-order valence-corrected chi connectivity index (χ2v) is 8.83. The van der Waals surface area contributed by atoms with E-state index in [4.69, 9.17) is 4.98 Å². The number of benzene rings is 4. The largest absolute Gasteiger partial charge is 0.299 e. The van der Waals surface area contributed by atoms with Gasteiger partial charge in [0.05, 0.1) is 5.52 Å². The summed E-state index contributed by atoms with van der Waals surface area (Å²) in [7, 11) is 0. The molecule has 0 amide bonds. The van der Waals surface area contributed by atoms with Crippen LogP contribution in [0.5, 0.6) is 0 Å². The predicted molar refractivity (Wildman–Crippen MR) is 127 cm³/mol. The molecule has 8 rings (SSSR count). The molecule has 144 valence electrons. The molecule has 31 heavy (non-hydrogen) atoms. The van der Waals surface area contributed by atoms with Gasteiger partial charge in [0.15, 0.2) is 0 Å². The molecule has 0 N–H and O–H groups in total. The number of fused-ring (bicyclic) bond motifs is 13. The highest BCUT2D eigenvalue weighted by Crippen LogP contribution is 2.49. The molecule has 6 aromatic rings. The van der Waals surface area contributed by atoms with Gasteiger partial charge in [-0.3, -0.25) is 4.40 Å². The summed E-state index contributed by atoms with van der Waals surface area (Å²) in [4.78, 5) is 4.75. The number of pyridine rings is 1. The molecular weight excluding hydrogens is 376 g/mol. The van der Waals surface area contributed by atoms with Crippen LogP contribution in [0.1, 0.15) is 22.3 Å². The van der Waals surface area contributed by atoms with Crippen LogP contribution in [0.2, 0.25) is 0 Å². The summed E-state index contributed by atoms with van der Waals surface area (Å²) in [5, 5.41) is 3.84. The number of nitrogens with zero attached hydrogens (tertiary/aromatic N) is 2. The zero-order chi connectivity index (χ0) is 20.1. The quantitative estimate of drug-likeness (QED) is 0.259. The van der Waals surface area contributed by atoms with E-state index in [0.29, 0.717) is 0 Å². The van der Waals surface area contributed by atoms with Crippen molar-refractivity contribution in [1.29, 1.82) is 0 Å². The van der Waals surface area contributed by atoms with Crippen LogP contribution in [0.3, 0.4) is 0 Å². The summed E-state index contributed by atoms with van der Waals surface area (Å²) in [6.07, 6.45) is 6.03. The van der Waals surface area contributed by atoms with Crippen LogP contribution in [-0.4, -0.2) is 9.38 Å². The van der Waals surface area contributed by atoms with Gasteiger partial charge in [-0.2, -0.15) is 0 Å². The van der Waals surface area contributed by atoms with Crippen molar-refractivity contribution in [3.05, 3.63) is 107 Å². The van der Waals surface area contributed by atoms with Crippen LogP contribution in [0.25, 0.3) is 49.6 Å². The third kappa shape index (κ3) is 1.91. The van der Waals surface area contributed by atoms with Crippen LogP contribution >= 0.6 is 0 Å². The third-order valence-electron chi connectivity index (χ3n) is 7.30. The minimum absolute atomic E-state index is 1.01. The summed E-state index contributed by atoms with van der Waals surface area (Å²) < 4.78 is 2.23. The second-order valence-electron chi connectivity index (χ2n) is 8.83. The van der Waals surface area contributed by atoms with E-state index in [1.165, 1.54) is 66.2 Å². The molecule has 2 nitrogen and oxygen atoms in total. The normalized spacial score (nSPS) is 13.5. The SMILES string of the molecule is c1ccc2c(c1)Cc1c-2ccc2c1-c1cc3c(cc1C2)c1ccccc1n1ccnc31. The predicted octanol–water partition coefficient (Wildman–Crippen LogP) is 6.78. The Kier molecular flexibility index (Phi) is 2.77. The van der Waals surface area contributed by atoms with Crippen molar-refractivity contribution >= 4 is 27.3 Å². The van der Waals surface area contributed by atoms with E-state index in [1.54, 1.807) is 0 Å². The molecule has 2 aliphatic rings. The lowest BCUT2D eigenvalue weighted by Gasteiger charge is -2.12. The molecule has 2 aliphatic carbocycles. The topological polar surface area (TPSA) is 17.3 Å². The molecule has 0 fully saturated rings. The number of hydrogen-bond donors (Lipinski definition) is 0. The highest BCUT2D eigenvalue weighted by atomic mass is 15.0. The Morgan fingerprint density at radius 1 is 0.645 bits per heavy atom. The molecule has 0 unspecified atom stereocenters. The van der Waals surface area contributed by atoms with Crippen molar-refractivity contribution in [2.45, 2.75) is 12.8 Å². The van der Waals surface area contributed by atoms with E-state index in [2.05, 4.69) is 83.4 Å². The van der Waals surface area contributed by atoms with Crippen LogP contribution < -0.4 is 0 Å². The number of aromatic nitrogens is 2. The summed E-state index contributed by atoms with van der Waals surface area (Å²) in [6, 6.07) is 27.1. The van der Waals surface area contributed by atoms with Crippen molar-refractivity contribution < 1.29 is 0 Å². The molecule has 0 saturated heterocycles. The van der Waals surface area contributed by atoms with Gasteiger partial charge in [-0.05, 0) is 80.9 Å². The first kappa shape index (κ1) is 15.9. The van der Waals surface area contributed by atoms with E-state index in [1.807, 2.05) is 6.20 Å².